The van der Waals surface area contributed by atoms with Crippen LogP contribution in [0.1, 0.15) is 69.8 Å². The van der Waals surface area contributed by atoms with Crippen LogP contribution in [0.3, 0.4) is 0 Å². The molecule has 1 saturated heterocycles. The second kappa shape index (κ2) is 12.2. The minimum Gasteiger partial charge on any atom is -0.481 e. The predicted octanol–water partition coefficient (Wildman–Crippen LogP) is 4.06. The number of aryl methyl sites for hydroxylation is 1. The number of rotatable bonds is 13. The molecule has 1 aliphatic heterocycles. The lowest BCUT2D eigenvalue weighted by Crippen LogP contribution is -2.33. The first kappa shape index (κ1) is 22.9. The number of unbranched alkanes of at least 4 members (excludes halogenated alkanes) is 7. The third-order valence-electron chi connectivity index (χ3n) is 5.46. The van der Waals surface area contributed by atoms with Crippen molar-refractivity contribution in [2.45, 2.75) is 71.1 Å². The van der Waals surface area contributed by atoms with Gasteiger partial charge in [-0.05, 0) is 31.9 Å². The summed E-state index contributed by atoms with van der Waals surface area (Å²) < 4.78 is 0. The number of benzene rings is 1. The summed E-state index contributed by atoms with van der Waals surface area (Å²) in [6.07, 6.45) is 8.87. The Hall–Kier alpha value is -2.37. The highest BCUT2D eigenvalue weighted by Crippen LogP contribution is 2.25. The van der Waals surface area contributed by atoms with Gasteiger partial charge >= 0.3 is 5.97 Å². The molecule has 160 valence electrons. The number of hydrogen-bond acceptors (Lipinski definition) is 3. The van der Waals surface area contributed by atoms with Crippen LogP contribution in [0.15, 0.2) is 24.3 Å². The largest absolute Gasteiger partial charge is 0.481 e. The standard InChI is InChI=1S/C23H34N2O4/c1-18-11-13-20(14-12-18)25-17-19(16-21(25)26)23(29)24-15-9-7-5-3-2-4-6-8-10-22(27)28/h11-14,19H,2-10,15-17H2,1H3,(H,24,29)(H,27,28). The van der Waals surface area contributed by atoms with Crippen LogP contribution in [0.5, 0.6) is 0 Å². The van der Waals surface area contributed by atoms with E-state index in [9.17, 15) is 14.4 Å². The van der Waals surface area contributed by atoms with Gasteiger partial charge in [0, 0.05) is 31.6 Å². The van der Waals surface area contributed by atoms with Gasteiger partial charge in [0.25, 0.3) is 0 Å². The molecule has 0 spiro atoms. The molecule has 1 aliphatic rings. The fourth-order valence-electron chi connectivity index (χ4n) is 3.68. The van der Waals surface area contributed by atoms with Crippen molar-refractivity contribution in [1.29, 1.82) is 0 Å². The molecule has 1 aromatic rings. The van der Waals surface area contributed by atoms with Gasteiger partial charge in [0.1, 0.15) is 0 Å². The number of aliphatic carboxylic acids is 1. The zero-order valence-electron chi connectivity index (χ0n) is 17.5. The Morgan fingerprint density at radius 1 is 1.00 bits per heavy atom. The van der Waals surface area contributed by atoms with Gasteiger partial charge in [0.15, 0.2) is 0 Å². The average molecular weight is 403 g/mol. The Morgan fingerprint density at radius 2 is 1.59 bits per heavy atom. The maximum absolute atomic E-state index is 12.4. The number of carbonyl (C=O) groups is 3. The van der Waals surface area contributed by atoms with Gasteiger partial charge in [-0.3, -0.25) is 14.4 Å². The van der Waals surface area contributed by atoms with Crippen LogP contribution >= 0.6 is 0 Å². The third-order valence-corrected chi connectivity index (χ3v) is 5.46. The van der Waals surface area contributed by atoms with Crippen molar-refractivity contribution < 1.29 is 19.5 Å². The second-order valence-corrected chi connectivity index (χ2v) is 8.00. The molecule has 0 radical (unpaired) electrons. The van der Waals surface area contributed by atoms with E-state index in [4.69, 9.17) is 5.11 Å². The summed E-state index contributed by atoms with van der Waals surface area (Å²) in [6.45, 7) is 3.12. The van der Waals surface area contributed by atoms with Crippen molar-refractivity contribution in [2.24, 2.45) is 5.92 Å². The number of hydrogen-bond donors (Lipinski definition) is 2. The predicted molar refractivity (Wildman–Crippen MR) is 114 cm³/mol. The van der Waals surface area contributed by atoms with Crippen LogP contribution in [0, 0.1) is 12.8 Å². The molecule has 29 heavy (non-hydrogen) atoms. The smallest absolute Gasteiger partial charge is 0.303 e. The SMILES string of the molecule is Cc1ccc(N2CC(C(=O)NCCCCCCCCCCC(=O)O)CC2=O)cc1. The summed E-state index contributed by atoms with van der Waals surface area (Å²) >= 11 is 0. The fourth-order valence-corrected chi connectivity index (χ4v) is 3.68. The summed E-state index contributed by atoms with van der Waals surface area (Å²) in [5, 5.41) is 11.6. The molecule has 0 aromatic heterocycles. The molecule has 1 fully saturated rings. The van der Waals surface area contributed by atoms with Gasteiger partial charge in [-0.25, -0.2) is 0 Å². The summed E-state index contributed by atoms with van der Waals surface area (Å²) in [5.74, 6) is -0.991. The highest BCUT2D eigenvalue weighted by atomic mass is 16.4. The molecule has 1 unspecified atom stereocenters. The summed E-state index contributed by atoms with van der Waals surface area (Å²) in [7, 11) is 0. The monoisotopic (exact) mass is 402 g/mol. The van der Waals surface area contributed by atoms with Crippen molar-refractivity contribution in [1.82, 2.24) is 5.32 Å². The van der Waals surface area contributed by atoms with Crippen LogP contribution in [-0.2, 0) is 14.4 Å². The molecule has 2 amide bonds. The Morgan fingerprint density at radius 3 is 2.21 bits per heavy atom. The number of nitrogens with zero attached hydrogens (tertiary/aromatic N) is 1. The number of anilines is 1. The molecule has 6 heteroatoms. The van der Waals surface area contributed by atoms with Crippen molar-refractivity contribution in [2.75, 3.05) is 18.0 Å². The van der Waals surface area contributed by atoms with E-state index in [0.717, 1.165) is 62.6 Å². The number of carboxylic acids is 1. The molecule has 2 rings (SSSR count). The molecule has 0 aliphatic carbocycles. The molecule has 0 saturated carbocycles. The van der Waals surface area contributed by atoms with Crippen LogP contribution in [0.4, 0.5) is 5.69 Å². The first-order valence-corrected chi connectivity index (χ1v) is 10.8. The van der Waals surface area contributed by atoms with Crippen LogP contribution in [-0.4, -0.2) is 36.0 Å². The highest BCUT2D eigenvalue weighted by molar-refractivity contribution is 6.00. The van der Waals surface area contributed by atoms with Crippen molar-refractivity contribution in [3.05, 3.63) is 29.8 Å². The maximum atomic E-state index is 12.4. The molecular formula is C23H34N2O4. The number of carboxylic acid groups (broad SMARTS) is 1. The number of carbonyl (C=O) groups excluding carboxylic acids is 2. The minimum absolute atomic E-state index is 0.0114. The lowest BCUT2D eigenvalue weighted by Gasteiger charge is -2.17. The van der Waals surface area contributed by atoms with Crippen molar-refractivity contribution in [3.8, 4) is 0 Å². The maximum Gasteiger partial charge on any atom is 0.303 e. The van der Waals surface area contributed by atoms with Crippen LogP contribution < -0.4 is 10.2 Å². The topological polar surface area (TPSA) is 86.7 Å². The quantitative estimate of drug-likeness (QED) is 0.487. The van der Waals surface area contributed by atoms with E-state index in [2.05, 4.69) is 5.32 Å². The highest BCUT2D eigenvalue weighted by Gasteiger charge is 2.34. The molecule has 1 atom stereocenters. The zero-order valence-corrected chi connectivity index (χ0v) is 17.5. The van der Waals surface area contributed by atoms with Crippen LogP contribution in [0.25, 0.3) is 0 Å². The van der Waals surface area contributed by atoms with Gasteiger partial charge in [-0.15, -0.1) is 0 Å². The molecule has 1 heterocycles. The molecule has 1 aromatic carbocycles. The molecule has 6 nitrogen and oxygen atoms in total. The lowest BCUT2D eigenvalue weighted by atomic mass is 10.1. The van der Waals surface area contributed by atoms with Crippen LogP contribution in [0.2, 0.25) is 0 Å². The second-order valence-electron chi connectivity index (χ2n) is 8.00. The number of nitrogens with one attached hydrogen (secondary N) is 1. The molecule has 0 bridgehead atoms. The van der Waals surface area contributed by atoms with E-state index in [1.807, 2.05) is 31.2 Å². The van der Waals surface area contributed by atoms with E-state index in [0.29, 0.717) is 13.1 Å². The van der Waals surface area contributed by atoms with Crippen molar-refractivity contribution >= 4 is 23.5 Å². The average Bonchev–Trinajstić information content (AvgIpc) is 3.08. The first-order valence-electron chi connectivity index (χ1n) is 10.8. The first-order chi connectivity index (χ1) is 14.0. The Balaban J connectivity index is 1.53. The zero-order chi connectivity index (χ0) is 21.1. The fraction of sp³-hybridized carbons (Fsp3) is 0.609. The third kappa shape index (κ3) is 8.26. The summed E-state index contributed by atoms with van der Waals surface area (Å²) in [6, 6.07) is 7.82. The molecule has 2 N–H and O–H groups in total. The van der Waals surface area contributed by atoms with E-state index in [1.54, 1.807) is 4.90 Å². The Bertz CT molecular complexity index is 672. The summed E-state index contributed by atoms with van der Waals surface area (Å²) in [4.78, 5) is 36.8. The number of amides is 2. The van der Waals surface area contributed by atoms with E-state index in [-0.39, 0.29) is 30.6 Å². The Labute approximate surface area is 173 Å². The normalized spacial score (nSPS) is 16.2. The summed E-state index contributed by atoms with van der Waals surface area (Å²) in [5.41, 5.74) is 2.01. The minimum atomic E-state index is -0.711. The van der Waals surface area contributed by atoms with Gasteiger partial charge in [0.05, 0.1) is 5.92 Å². The van der Waals surface area contributed by atoms with Crippen molar-refractivity contribution in [3.63, 3.8) is 0 Å². The van der Waals surface area contributed by atoms with E-state index >= 15 is 0 Å². The van der Waals surface area contributed by atoms with Gasteiger partial charge in [0.2, 0.25) is 11.8 Å². The van der Waals surface area contributed by atoms with Gasteiger partial charge in [-0.2, -0.15) is 0 Å². The Kier molecular flexibility index (Phi) is 9.68. The van der Waals surface area contributed by atoms with E-state index < -0.39 is 5.97 Å². The van der Waals surface area contributed by atoms with Gasteiger partial charge < -0.3 is 15.3 Å². The van der Waals surface area contributed by atoms with E-state index in [1.165, 1.54) is 0 Å². The van der Waals surface area contributed by atoms with Gasteiger partial charge in [-0.1, -0.05) is 56.2 Å². The molecular weight excluding hydrogens is 368 g/mol. The lowest BCUT2D eigenvalue weighted by molar-refractivity contribution is -0.137.